The highest BCUT2D eigenvalue weighted by atomic mass is 19.1. The Morgan fingerprint density at radius 3 is 2.76 bits per heavy atom. The summed E-state index contributed by atoms with van der Waals surface area (Å²) in [4.78, 5) is 2.13. The predicted octanol–water partition coefficient (Wildman–Crippen LogP) is 3.48. The summed E-state index contributed by atoms with van der Waals surface area (Å²) in [5, 5.41) is 0. The molecule has 112 valence electrons. The first kappa shape index (κ1) is 14.1. The number of furan rings is 1. The van der Waals surface area contributed by atoms with E-state index in [0.29, 0.717) is 24.7 Å². The van der Waals surface area contributed by atoms with Gasteiger partial charge in [-0.15, -0.1) is 0 Å². The topological polar surface area (TPSA) is 42.4 Å². The molecule has 0 bridgehead atoms. The smallest absolute Gasteiger partial charge is 0.146 e. The minimum absolute atomic E-state index is 0.00946. The lowest BCUT2D eigenvalue weighted by Gasteiger charge is -2.27. The molecule has 4 heteroatoms. The van der Waals surface area contributed by atoms with Crippen LogP contribution in [0.4, 0.5) is 10.1 Å². The van der Waals surface area contributed by atoms with Crippen molar-refractivity contribution in [3.8, 4) is 0 Å². The molecule has 1 aromatic carbocycles. The van der Waals surface area contributed by atoms with Crippen LogP contribution in [0, 0.1) is 5.82 Å². The number of para-hydroxylation sites is 1. The number of halogens is 1. The predicted molar refractivity (Wildman–Crippen MR) is 81.7 cm³/mol. The zero-order chi connectivity index (χ0) is 14.8. The molecule has 1 unspecified atom stereocenters. The van der Waals surface area contributed by atoms with E-state index in [1.807, 2.05) is 25.1 Å². The Kier molecular flexibility index (Phi) is 3.97. The Hall–Kier alpha value is -1.81. The first-order valence-electron chi connectivity index (χ1n) is 7.47. The van der Waals surface area contributed by atoms with Gasteiger partial charge in [0.15, 0.2) is 0 Å². The average Bonchev–Trinajstić information content (AvgIpc) is 3.14. The molecule has 1 aromatic heterocycles. The molecule has 1 aliphatic rings. The highest BCUT2D eigenvalue weighted by Gasteiger charge is 2.32. The Morgan fingerprint density at radius 2 is 2.14 bits per heavy atom. The summed E-state index contributed by atoms with van der Waals surface area (Å²) in [5.74, 6) is 0.684. The molecule has 1 atom stereocenters. The Balaban J connectivity index is 1.94. The molecule has 1 heterocycles. The molecule has 3 rings (SSSR count). The van der Waals surface area contributed by atoms with Crippen molar-refractivity contribution in [3.05, 3.63) is 53.7 Å². The number of nitrogens with two attached hydrogens (primary N) is 1. The summed E-state index contributed by atoms with van der Waals surface area (Å²) in [6.07, 6.45) is 4.54. The zero-order valence-electron chi connectivity index (χ0n) is 12.3. The summed E-state index contributed by atoms with van der Waals surface area (Å²) in [6, 6.07) is 9.46. The normalized spacial score (nSPS) is 16.0. The van der Waals surface area contributed by atoms with Crippen molar-refractivity contribution < 1.29 is 8.81 Å². The van der Waals surface area contributed by atoms with E-state index in [9.17, 15) is 4.39 Å². The third-order valence-electron chi connectivity index (χ3n) is 3.79. The highest BCUT2D eigenvalue weighted by molar-refractivity contribution is 5.57. The lowest BCUT2D eigenvalue weighted by atomic mass is 10.0. The van der Waals surface area contributed by atoms with E-state index in [-0.39, 0.29) is 11.9 Å². The van der Waals surface area contributed by atoms with Gasteiger partial charge in [-0.2, -0.15) is 0 Å². The van der Waals surface area contributed by atoms with Gasteiger partial charge in [0.1, 0.15) is 11.6 Å². The van der Waals surface area contributed by atoms with Crippen molar-refractivity contribution in [3.63, 3.8) is 0 Å². The molecule has 0 aliphatic heterocycles. The van der Waals surface area contributed by atoms with Crippen LogP contribution >= 0.6 is 0 Å². The van der Waals surface area contributed by atoms with Crippen molar-refractivity contribution in [1.29, 1.82) is 0 Å². The standard InChI is InChI=1S/C17H21FN2O/c1-12(19)10-13-4-2-6-16(18)17(13)20(14-7-8-14)11-15-5-3-9-21-15/h2-6,9,12,14H,7-8,10-11,19H2,1H3. The van der Waals surface area contributed by atoms with Gasteiger partial charge in [-0.3, -0.25) is 0 Å². The molecule has 2 aromatic rings. The van der Waals surface area contributed by atoms with Crippen molar-refractivity contribution >= 4 is 5.69 Å². The van der Waals surface area contributed by atoms with Gasteiger partial charge in [-0.25, -0.2) is 4.39 Å². The van der Waals surface area contributed by atoms with E-state index >= 15 is 0 Å². The molecule has 21 heavy (non-hydrogen) atoms. The Morgan fingerprint density at radius 1 is 1.33 bits per heavy atom. The third kappa shape index (κ3) is 3.27. The number of hydrogen-bond acceptors (Lipinski definition) is 3. The van der Waals surface area contributed by atoms with Crippen LogP contribution in [0.15, 0.2) is 41.0 Å². The quantitative estimate of drug-likeness (QED) is 0.885. The van der Waals surface area contributed by atoms with Gasteiger partial charge in [0.05, 0.1) is 18.5 Å². The van der Waals surface area contributed by atoms with Crippen molar-refractivity contribution in [2.45, 2.75) is 44.8 Å². The highest BCUT2D eigenvalue weighted by Crippen LogP contribution is 2.37. The number of anilines is 1. The van der Waals surface area contributed by atoms with Gasteiger partial charge >= 0.3 is 0 Å². The number of hydrogen-bond donors (Lipinski definition) is 1. The van der Waals surface area contributed by atoms with Crippen molar-refractivity contribution in [1.82, 2.24) is 0 Å². The molecule has 0 radical (unpaired) electrons. The van der Waals surface area contributed by atoms with Crippen LogP contribution in [-0.2, 0) is 13.0 Å². The van der Waals surface area contributed by atoms with E-state index in [1.165, 1.54) is 6.07 Å². The minimum Gasteiger partial charge on any atom is -0.467 e. The van der Waals surface area contributed by atoms with Crippen molar-refractivity contribution in [2.24, 2.45) is 5.73 Å². The number of benzene rings is 1. The lowest BCUT2D eigenvalue weighted by molar-refractivity contribution is 0.497. The van der Waals surface area contributed by atoms with E-state index in [0.717, 1.165) is 24.2 Å². The van der Waals surface area contributed by atoms with Crippen molar-refractivity contribution in [2.75, 3.05) is 4.90 Å². The minimum atomic E-state index is -0.174. The fourth-order valence-corrected chi connectivity index (χ4v) is 2.74. The second-order valence-electron chi connectivity index (χ2n) is 5.87. The molecule has 0 saturated heterocycles. The van der Waals surface area contributed by atoms with Crippen LogP contribution in [0.1, 0.15) is 31.1 Å². The SMILES string of the molecule is CC(N)Cc1cccc(F)c1N(Cc1ccco1)C1CC1. The first-order chi connectivity index (χ1) is 10.1. The third-order valence-corrected chi connectivity index (χ3v) is 3.79. The summed E-state index contributed by atoms with van der Waals surface area (Å²) in [5.41, 5.74) is 7.58. The van der Waals surface area contributed by atoms with Crippen LogP contribution in [-0.4, -0.2) is 12.1 Å². The van der Waals surface area contributed by atoms with E-state index in [2.05, 4.69) is 4.90 Å². The fourth-order valence-electron chi connectivity index (χ4n) is 2.74. The number of rotatable bonds is 6. The maximum absolute atomic E-state index is 14.5. The second kappa shape index (κ2) is 5.90. The average molecular weight is 288 g/mol. The van der Waals surface area contributed by atoms with Gasteiger partial charge < -0.3 is 15.1 Å². The largest absolute Gasteiger partial charge is 0.467 e. The van der Waals surface area contributed by atoms with Gasteiger partial charge in [0.25, 0.3) is 0 Å². The molecule has 1 aliphatic carbocycles. The van der Waals surface area contributed by atoms with Crippen LogP contribution in [0.25, 0.3) is 0 Å². The van der Waals surface area contributed by atoms with Crippen LogP contribution < -0.4 is 10.6 Å². The Bertz CT molecular complexity index is 591. The summed E-state index contributed by atoms with van der Waals surface area (Å²) in [6.45, 7) is 2.55. The lowest BCUT2D eigenvalue weighted by Crippen LogP contribution is -2.28. The number of nitrogens with zero attached hydrogens (tertiary/aromatic N) is 1. The Labute approximate surface area is 124 Å². The molecule has 1 fully saturated rings. The summed E-state index contributed by atoms with van der Waals surface area (Å²) >= 11 is 0. The van der Waals surface area contributed by atoms with Crippen LogP contribution in [0.2, 0.25) is 0 Å². The van der Waals surface area contributed by atoms with Crippen LogP contribution in [0.3, 0.4) is 0 Å². The van der Waals surface area contributed by atoms with Gasteiger partial charge in [0, 0.05) is 12.1 Å². The molecular formula is C17H21FN2O. The molecule has 3 nitrogen and oxygen atoms in total. The molecule has 0 amide bonds. The fraction of sp³-hybridized carbons (Fsp3) is 0.412. The van der Waals surface area contributed by atoms with Gasteiger partial charge in [-0.05, 0) is 49.9 Å². The zero-order valence-corrected chi connectivity index (χ0v) is 12.3. The molecule has 0 spiro atoms. The van der Waals surface area contributed by atoms with E-state index in [4.69, 9.17) is 10.2 Å². The second-order valence-corrected chi connectivity index (χ2v) is 5.87. The van der Waals surface area contributed by atoms with Gasteiger partial charge in [-0.1, -0.05) is 12.1 Å². The monoisotopic (exact) mass is 288 g/mol. The van der Waals surface area contributed by atoms with Crippen LogP contribution in [0.5, 0.6) is 0 Å². The maximum Gasteiger partial charge on any atom is 0.146 e. The molecule has 1 saturated carbocycles. The summed E-state index contributed by atoms with van der Waals surface area (Å²) in [7, 11) is 0. The maximum atomic E-state index is 14.5. The molecular weight excluding hydrogens is 267 g/mol. The van der Waals surface area contributed by atoms with E-state index in [1.54, 1.807) is 12.3 Å². The van der Waals surface area contributed by atoms with E-state index < -0.39 is 0 Å². The summed E-state index contributed by atoms with van der Waals surface area (Å²) < 4.78 is 19.9. The van der Waals surface area contributed by atoms with Gasteiger partial charge in [0.2, 0.25) is 0 Å². The molecule has 2 N–H and O–H groups in total. The first-order valence-corrected chi connectivity index (χ1v) is 7.47.